The molecule has 1 aromatic heterocycles. The first-order chi connectivity index (χ1) is 7.83. The second kappa shape index (κ2) is 5.14. The van der Waals surface area contributed by atoms with Crippen molar-refractivity contribution in [2.75, 3.05) is 31.7 Å². The third-order valence-corrected chi connectivity index (χ3v) is 2.65. The highest BCUT2D eigenvalue weighted by Gasteiger charge is 2.16. The normalized spacial score (nSPS) is 16.4. The SMILES string of the molecule is COCC1=CCN(c2nc(CN)co2)CC1. The van der Waals surface area contributed by atoms with Crippen LogP contribution in [-0.4, -0.2) is 31.8 Å². The molecule has 0 radical (unpaired) electrons. The fourth-order valence-corrected chi connectivity index (χ4v) is 1.74. The number of methoxy groups -OCH3 is 1. The highest BCUT2D eigenvalue weighted by atomic mass is 16.5. The number of nitrogens with zero attached hydrogens (tertiary/aromatic N) is 2. The van der Waals surface area contributed by atoms with Crippen molar-refractivity contribution >= 4 is 6.01 Å². The van der Waals surface area contributed by atoms with Crippen molar-refractivity contribution in [1.29, 1.82) is 0 Å². The van der Waals surface area contributed by atoms with Crippen LogP contribution in [0.5, 0.6) is 0 Å². The molecule has 1 aliphatic heterocycles. The predicted octanol–water partition coefficient (Wildman–Crippen LogP) is 0.916. The van der Waals surface area contributed by atoms with Crippen molar-refractivity contribution in [3.05, 3.63) is 23.6 Å². The summed E-state index contributed by atoms with van der Waals surface area (Å²) in [5.74, 6) is 0. The summed E-state index contributed by atoms with van der Waals surface area (Å²) in [5, 5.41) is 0. The first-order valence-electron chi connectivity index (χ1n) is 5.39. The zero-order valence-corrected chi connectivity index (χ0v) is 9.48. The lowest BCUT2D eigenvalue weighted by atomic mass is 10.1. The van der Waals surface area contributed by atoms with Gasteiger partial charge in [0.1, 0.15) is 6.26 Å². The van der Waals surface area contributed by atoms with E-state index in [4.69, 9.17) is 14.9 Å². The van der Waals surface area contributed by atoms with Crippen molar-refractivity contribution in [3.8, 4) is 0 Å². The van der Waals surface area contributed by atoms with Crippen LogP contribution in [0.25, 0.3) is 0 Å². The molecule has 2 rings (SSSR count). The number of hydrogen-bond donors (Lipinski definition) is 1. The van der Waals surface area contributed by atoms with Gasteiger partial charge in [-0.1, -0.05) is 6.08 Å². The smallest absolute Gasteiger partial charge is 0.297 e. The van der Waals surface area contributed by atoms with E-state index in [1.165, 1.54) is 5.57 Å². The van der Waals surface area contributed by atoms with Crippen LogP contribution in [0.15, 0.2) is 22.3 Å². The highest BCUT2D eigenvalue weighted by molar-refractivity contribution is 5.32. The minimum absolute atomic E-state index is 0.419. The zero-order valence-electron chi connectivity index (χ0n) is 9.48. The topological polar surface area (TPSA) is 64.5 Å². The predicted molar refractivity (Wildman–Crippen MR) is 61.2 cm³/mol. The molecule has 5 nitrogen and oxygen atoms in total. The molecule has 0 unspecified atom stereocenters. The number of anilines is 1. The Balaban J connectivity index is 1.98. The zero-order chi connectivity index (χ0) is 11.4. The van der Waals surface area contributed by atoms with Gasteiger partial charge in [-0.2, -0.15) is 4.98 Å². The average molecular weight is 223 g/mol. The van der Waals surface area contributed by atoms with E-state index < -0.39 is 0 Å². The van der Waals surface area contributed by atoms with E-state index in [1.807, 2.05) is 0 Å². The van der Waals surface area contributed by atoms with E-state index in [0.717, 1.165) is 25.2 Å². The maximum Gasteiger partial charge on any atom is 0.297 e. The first-order valence-corrected chi connectivity index (χ1v) is 5.39. The molecular weight excluding hydrogens is 206 g/mol. The molecule has 0 saturated carbocycles. The van der Waals surface area contributed by atoms with E-state index in [2.05, 4.69) is 16.0 Å². The maximum atomic E-state index is 5.48. The number of oxazole rings is 1. The van der Waals surface area contributed by atoms with Gasteiger partial charge >= 0.3 is 0 Å². The summed E-state index contributed by atoms with van der Waals surface area (Å²) in [6.07, 6.45) is 4.78. The second-order valence-corrected chi connectivity index (χ2v) is 3.82. The number of rotatable bonds is 4. The summed E-state index contributed by atoms with van der Waals surface area (Å²) >= 11 is 0. The van der Waals surface area contributed by atoms with Crippen molar-refractivity contribution in [3.63, 3.8) is 0 Å². The van der Waals surface area contributed by atoms with Gasteiger partial charge in [0, 0.05) is 26.7 Å². The Kier molecular flexibility index (Phi) is 3.58. The quantitative estimate of drug-likeness (QED) is 0.769. The fraction of sp³-hybridized carbons (Fsp3) is 0.545. The van der Waals surface area contributed by atoms with Crippen LogP contribution in [0.4, 0.5) is 6.01 Å². The molecule has 2 heterocycles. The fourth-order valence-electron chi connectivity index (χ4n) is 1.74. The van der Waals surface area contributed by atoms with E-state index in [1.54, 1.807) is 13.4 Å². The largest absolute Gasteiger partial charge is 0.432 e. The second-order valence-electron chi connectivity index (χ2n) is 3.82. The number of hydrogen-bond acceptors (Lipinski definition) is 5. The minimum Gasteiger partial charge on any atom is -0.432 e. The van der Waals surface area contributed by atoms with Gasteiger partial charge in [0.25, 0.3) is 6.01 Å². The third kappa shape index (κ3) is 2.43. The summed E-state index contributed by atoms with van der Waals surface area (Å²) in [5.41, 5.74) is 7.62. The number of ether oxygens (including phenoxy) is 1. The standard InChI is InChI=1S/C11H17N3O2/c1-15-7-9-2-4-14(5-3-9)11-13-10(6-12)8-16-11/h2,8H,3-7,12H2,1H3. The molecule has 0 spiro atoms. The van der Waals surface area contributed by atoms with Gasteiger partial charge in [0.2, 0.25) is 0 Å². The Morgan fingerprint density at radius 2 is 2.50 bits per heavy atom. The van der Waals surface area contributed by atoms with E-state index >= 15 is 0 Å². The average Bonchev–Trinajstić information content (AvgIpc) is 2.79. The van der Waals surface area contributed by atoms with Gasteiger partial charge in [0.15, 0.2) is 0 Å². The lowest BCUT2D eigenvalue weighted by Crippen LogP contribution is -2.29. The van der Waals surface area contributed by atoms with Crippen LogP contribution in [-0.2, 0) is 11.3 Å². The molecule has 0 fully saturated rings. The van der Waals surface area contributed by atoms with E-state index in [-0.39, 0.29) is 0 Å². The Morgan fingerprint density at radius 3 is 3.06 bits per heavy atom. The Morgan fingerprint density at radius 1 is 1.62 bits per heavy atom. The number of aromatic nitrogens is 1. The molecule has 0 amide bonds. The van der Waals surface area contributed by atoms with Crippen LogP contribution >= 0.6 is 0 Å². The summed E-state index contributed by atoms with van der Waals surface area (Å²) in [6, 6.07) is 0.660. The van der Waals surface area contributed by atoms with Crippen LogP contribution in [0.1, 0.15) is 12.1 Å². The van der Waals surface area contributed by atoms with Crippen molar-refractivity contribution in [2.45, 2.75) is 13.0 Å². The Hall–Kier alpha value is -1.33. The molecule has 0 atom stereocenters. The molecule has 2 N–H and O–H groups in total. The molecule has 5 heteroatoms. The van der Waals surface area contributed by atoms with Gasteiger partial charge in [-0.25, -0.2) is 0 Å². The molecule has 0 aliphatic carbocycles. The van der Waals surface area contributed by atoms with E-state index in [0.29, 0.717) is 19.2 Å². The summed E-state index contributed by atoms with van der Waals surface area (Å²) in [6.45, 7) is 2.87. The lowest BCUT2D eigenvalue weighted by molar-refractivity contribution is 0.222. The molecule has 1 aliphatic rings. The molecule has 88 valence electrons. The van der Waals surface area contributed by atoms with Crippen LogP contribution in [0, 0.1) is 0 Å². The van der Waals surface area contributed by atoms with Gasteiger partial charge < -0.3 is 19.8 Å². The summed E-state index contributed by atoms with van der Waals surface area (Å²) < 4.78 is 10.5. The molecule has 16 heavy (non-hydrogen) atoms. The van der Waals surface area contributed by atoms with Crippen molar-refractivity contribution in [1.82, 2.24) is 4.98 Å². The summed E-state index contributed by atoms with van der Waals surface area (Å²) in [7, 11) is 1.72. The third-order valence-electron chi connectivity index (χ3n) is 2.65. The van der Waals surface area contributed by atoms with Gasteiger partial charge in [-0.3, -0.25) is 0 Å². The molecular formula is C11H17N3O2. The van der Waals surface area contributed by atoms with Crippen LogP contribution < -0.4 is 10.6 Å². The molecule has 1 aromatic rings. The Bertz CT molecular complexity index is 373. The van der Waals surface area contributed by atoms with Gasteiger partial charge in [-0.05, 0) is 12.0 Å². The maximum absolute atomic E-state index is 5.48. The monoisotopic (exact) mass is 223 g/mol. The van der Waals surface area contributed by atoms with Gasteiger partial charge in [0.05, 0.1) is 12.3 Å². The minimum atomic E-state index is 0.419. The molecule has 0 bridgehead atoms. The Labute approximate surface area is 94.9 Å². The molecule has 0 aromatic carbocycles. The van der Waals surface area contributed by atoms with Crippen molar-refractivity contribution < 1.29 is 9.15 Å². The molecule has 0 saturated heterocycles. The lowest BCUT2D eigenvalue weighted by Gasteiger charge is -2.24. The van der Waals surface area contributed by atoms with Crippen LogP contribution in [0.3, 0.4) is 0 Å². The van der Waals surface area contributed by atoms with E-state index in [9.17, 15) is 0 Å². The first kappa shape index (κ1) is 11.2. The van der Waals surface area contributed by atoms with Gasteiger partial charge in [-0.15, -0.1) is 0 Å². The van der Waals surface area contributed by atoms with Crippen LogP contribution in [0.2, 0.25) is 0 Å². The summed E-state index contributed by atoms with van der Waals surface area (Å²) in [4.78, 5) is 6.39. The van der Waals surface area contributed by atoms with Crippen molar-refractivity contribution in [2.24, 2.45) is 5.73 Å². The highest BCUT2D eigenvalue weighted by Crippen LogP contribution is 2.18. The number of nitrogens with two attached hydrogens (primary N) is 1.